The van der Waals surface area contributed by atoms with E-state index in [1.54, 1.807) is 23.4 Å². The SMILES string of the molecule is CCOC(=O)Nc1ccc(S(=O)(=O)N2CCCCCC2)cc1. The Bertz CT molecular complexity index is 590. The van der Waals surface area contributed by atoms with E-state index in [1.807, 2.05) is 0 Å². The van der Waals surface area contributed by atoms with E-state index in [9.17, 15) is 13.2 Å². The number of nitrogens with zero attached hydrogens (tertiary/aromatic N) is 1. The van der Waals surface area contributed by atoms with Crippen molar-refractivity contribution in [1.82, 2.24) is 4.31 Å². The maximum atomic E-state index is 12.6. The van der Waals surface area contributed by atoms with Crippen LogP contribution in [0.5, 0.6) is 0 Å². The first-order valence-electron chi connectivity index (χ1n) is 7.58. The molecule has 1 N–H and O–H groups in total. The Kier molecular flexibility index (Phi) is 5.79. The average Bonchev–Trinajstić information content (AvgIpc) is 2.77. The fraction of sp³-hybridized carbons (Fsp3) is 0.533. The molecule has 1 heterocycles. The van der Waals surface area contributed by atoms with E-state index in [1.165, 1.54) is 12.1 Å². The number of ether oxygens (including phenoxy) is 1. The van der Waals surface area contributed by atoms with Gasteiger partial charge in [-0.15, -0.1) is 0 Å². The van der Waals surface area contributed by atoms with Crippen LogP contribution in [0.25, 0.3) is 0 Å². The molecule has 0 aromatic heterocycles. The van der Waals surface area contributed by atoms with E-state index in [-0.39, 0.29) is 11.5 Å². The second-order valence-corrected chi connectivity index (χ2v) is 7.13. The second kappa shape index (κ2) is 7.60. The molecule has 0 aliphatic carbocycles. The van der Waals surface area contributed by atoms with Crippen LogP contribution in [0.4, 0.5) is 10.5 Å². The minimum atomic E-state index is -3.45. The largest absolute Gasteiger partial charge is 0.450 e. The zero-order valence-corrected chi connectivity index (χ0v) is 13.6. The molecule has 1 aromatic rings. The number of anilines is 1. The molecule has 1 aliphatic rings. The molecule has 0 saturated carbocycles. The molecule has 0 atom stereocenters. The summed E-state index contributed by atoms with van der Waals surface area (Å²) in [5, 5.41) is 2.54. The molecule has 0 unspecified atom stereocenters. The number of amides is 1. The first-order valence-corrected chi connectivity index (χ1v) is 9.02. The van der Waals surface area contributed by atoms with Gasteiger partial charge in [-0.1, -0.05) is 12.8 Å². The fourth-order valence-electron chi connectivity index (χ4n) is 2.43. The van der Waals surface area contributed by atoms with E-state index in [4.69, 9.17) is 4.74 Å². The summed E-state index contributed by atoms with van der Waals surface area (Å²) in [5.74, 6) is 0. The zero-order chi connectivity index (χ0) is 16.0. The molecule has 6 nitrogen and oxygen atoms in total. The number of nitrogens with one attached hydrogen (secondary N) is 1. The summed E-state index contributed by atoms with van der Waals surface area (Å²) in [6.45, 7) is 3.15. The fourth-order valence-corrected chi connectivity index (χ4v) is 3.94. The quantitative estimate of drug-likeness (QED) is 0.923. The lowest BCUT2D eigenvalue weighted by Gasteiger charge is -2.20. The van der Waals surface area contributed by atoms with Crippen LogP contribution in [-0.4, -0.2) is 38.5 Å². The van der Waals surface area contributed by atoms with Gasteiger partial charge in [-0.05, 0) is 44.0 Å². The molecule has 0 bridgehead atoms. The molecule has 22 heavy (non-hydrogen) atoms. The first kappa shape index (κ1) is 16.8. The molecule has 7 heteroatoms. The van der Waals surface area contributed by atoms with E-state index in [0.29, 0.717) is 18.8 Å². The standard InChI is InChI=1S/C15H22N2O4S/c1-2-21-15(18)16-13-7-9-14(10-8-13)22(19,20)17-11-5-3-4-6-12-17/h7-10H,2-6,11-12H2,1H3,(H,16,18). The highest BCUT2D eigenvalue weighted by Gasteiger charge is 2.24. The summed E-state index contributed by atoms with van der Waals surface area (Å²) in [6, 6.07) is 6.17. The Morgan fingerprint density at radius 1 is 1.14 bits per heavy atom. The normalized spacial score (nSPS) is 16.8. The third-order valence-electron chi connectivity index (χ3n) is 3.58. The summed E-state index contributed by atoms with van der Waals surface area (Å²) in [7, 11) is -3.45. The third-order valence-corrected chi connectivity index (χ3v) is 5.49. The summed E-state index contributed by atoms with van der Waals surface area (Å²) in [4.78, 5) is 11.6. The smallest absolute Gasteiger partial charge is 0.411 e. The van der Waals surface area contributed by atoms with Crippen LogP contribution in [0.15, 0.2) is 29.2 Å². The van der Waals surface area contributed by atoms with Crippen molar-refractivity contribution in [2.45, 2.75) is 37.5 Å². The maximum absolute atomic E-state index is 12.6. The van der Waals surface area contributed by atoms with Gasteiger partial charge in [0.15, 0.2) is 0 Å². The first-order chi connectivity index (χ1) is 10.5. The molecule has 1 aliphatic heterocycles. The van der Waals surface area contributed by atoms with Crippen molar-refractivity contribution in [3.8, 4) is 0 Å². The Morgan fingerprint density at radius 2 is 1.73 bits per heavy atom. The molecule has 122 valence electrons. The lowest BCUT2D eigenvalue weighted by molar-refractivity contribution is 0.168. The van der Waals surface area contributed by atoms with Crippen molar-refractivity contribution < 1.29 is 17.9 Å². The summed E-state index contributed by atoms with van der Waals surface area (Å²) >= 11 is 0. The van der Waals surface area contributed by atoms with Crippen molar-refractivity contribution in [2.24, 2.45) is 0 Å². The van der Waals surface area contributed by atoms with E-state index in [0.717, 1.165) is 25.7 Å². The topological polar surface area (TPSA) is 75.7 Å². The molecule has 1 aromatic carbocycles. The van der Waals surface area contributed by atoms with Crippen molar-refractivity contribution in [2.75, 3.05) is 25.0 Å². The van der Waals surface area contributed by atoms with E-state index >= 15 is 0 Å². The van der Waals surface area contributed by atoms with Gasteiger partial charge in [0.1, 0.15) is 0 Å². The summed E-state index contributed by atoms with van der Waals surface area (Å²) in [5.41, 5.74) is 0.508. The van der Waals surface area contributed by atoms with Crippen LogP contribution in [-0.2, 0) is 14.8 Å². The predicted octanol–water partition coefficient (Wildman–Crippen LogP) is 2.82. The predicted molar refractivity (Wildman–Crippen MR) is 84.3 cm³/mol. The number of hydrogen-bond acceptors (Lipinski definition) is 4. The Hall–Kier alpha value is -1.60. The van der Waals surface area contributed by atoms with Crippen LogP contribution in [0.1, 0.15) is 32.6 Å². The third kappa shape index (κ3) is 4.20. The van der Waals surface area contributed by atoms with Crippen molar-refractivity contribution in [3.63, 3.8) is 0 Å². The van der Waals surface area contributed by atoms with Gasteiger partial charge in [0.25, 0.3) is 0 Å². The Labute approximate surface area is 131 Å². The van der Waals surface area contributed by atoms with Crippen molar-refractivity contribution >= 4 is 21.8 Å². The maximum Gasteiger partial charge on any atom is 0.411 e. The Balaban J connectivity index is 2.09. The number of sulfonamides is 1. The van der Waals surface area contributed by atoms with Crippen LogP contribution >= 0.6 is 0 Å². The van der Waals surface area contributed by atoms with E-state index in [2.05, 4.69) is 5.32 Å². The lowest BCUT2D eigenvalue weighted by Crippen LogP contribution is -2.31. The minimum absolute atomic E-state index is 0.254. The van der Waals surface area contributed by atoms with Crippen LogP contribution < -0.4 is 5.32 Å². The van der Waals surface area contributed by atoms with Gasteiger partial charge >= 0.3 is 6.09 Å². The monoisotopic (exact) mass is 326 g/mol. The molecule has 1 amide bonds. The number of rotatable bonds is 4. The number of carbonyl (C=O) groups excluding carboxylic acids is 1. The highest BCUT2D eigenvalue weighted by molar-refractivity contribution is 7.89. The van der Waals surface area contributed by atoms with Crippen LogP contribution in [0.3, 0.4) is 0 Å². The second-order valence-electron chi connectivity index (χ2n) is 5.19. The number of carbonyl (C=O) groups is 1. The average molecular weight is 326 g/mol. The molecule has 1 saturated heterocycles. The summed E-state index contributed by atoms with van der Waals surface area (Å²) in [6.07, 6.45) is 3.41. The van der Waals surface area contributed by atoms with Gasteiger partial charge in [-0.2, -0.15) is 4.31 Å². The van der Waals surface area contributed by atoms with E-state index < -0.39 is 16.1 Å². The van der Waals surface area contributed by atoms with Gasteiger partial charge < -0.3 is 4.74 Å². The van der Waals surface area contributed by atoms with Crippen LogP contribution in [0, 0.1) is 0 Å². The molecule has 0 spiro atoms. The van der Waals surface area contributed by atoms with Gasteiger partial charge in [0.2, 0.25) is 10.0 Å². The van der Waals surface area contributed by atoms with Crippen molar-refractivity contribution in [3.05, 3.63) is 24.3 Å². The Morgan fingerprint density at radius 3 is 2.27 bits per heavy atom. The van der Waals surface area contributed by atoms with Gasteiger partial charge in [-0.3, -0.25) is 5.32 Å². The van der Waals surface area contributed by atoms with Gasteiger partial charge in [0, 0.05) is 18.8 Å². The van der Waals surface area contributed by atoms with Crippen molar-refractivity contribution in [1.29, 1.82) is 0 Å². The highest BCUT2D eigenvalue weighted by Crippen LogP contribution is 2.21. The molecule has 0 radical (unpaired) electrons. The molecular weight excluding hydrogens is 304 g/mol. The highest BCUT2D eigenvalue weighted by atomic mass is 32.2. The molecule has 1 fully saturated rings. The van der Waals surface area contributed by atoms with Crippen LogP contribution in [0.2, 0.25) is 0 Å². The van der Waals surface area contributed by atoms with Gasteiger partial charge in [-0.25, -0.2) is 13.2 Å². The zero-order valence-electron chi connectivity index (χ0n) is 12.7. The summed E-state index contributed by atoms with van der Waals surface area (Å²) < 4.78 is 31.5. The lowest BCUT2D eigenvalue weighted by atomic mass is 10.2. The number of benzene rings is 1. The minimum Gasteiger partial charge on any atom is -0.450 e. The molecular formula is C15H22N2O4S. The molecule has 2 rings (SSSR count). The number of hydrogen-bond donors (Lipinski definition) is 1. The van der Waals surface area contributed by atoms with Gasteiger partial charge in [0.05, 0.1) is 11.5 Å².